The Morgan fingerprint density at radius 1 is 1.23 bits per heavy atom. The lowest BCUT2D eigenvalue weighted by atomic mass is 10.2. The fourth-order valence-electron chi connectivity index (χ4n) is 2.44. The summed E-state index contributed by atoms with van der Waals surface area (Å²) in [5, 5.41) is 0. The Balaban J connectivity index is 2.13. The average Bonchev–Trinajstić information content (AvgIpc) is 2.43. The van der Waals surface area contributed by atoms with Crippen LogP contribution in [0.4, 0.5) is 8.78 Å². The van der Waals surface area contributed by atoms with E-state index in [0.717, 1.165) is 25.7 Å². The zero-order valence-corrected chi connectivity index (χ0v) is 13.8. The number of aryl methyl sites for hydroxylation is 1. The quantitative estimate of drug-likeness (QED) is 0.885. The first-order valence-corrected chi connectivity index (χ1v) is 8.53. The molecule has 0 saturated carbocycles. The van der Waals surface area contributed by atoms with Gasteiger partial charge in [-0.1, -0.05) is 0 Å². The van der Waals surface area contributed by atoms with Crippen LogP contribution in [0.5, 0.6) is 0 Å². The Labute approximate surface area is 130 Å². The van der Waals surface area contributed by atoms with Gasteiger partial charge < -0.3 is 4.90 Å². The molecule has 1 aliphatic heterocycles. The molecular formula is C14H21F2N3O2S. The number of nitrogens with zero attached hydrogens (tertiary/aromatic N) is 2. The molecular weight excluding hydrogens is 312 g/mol. The van der Waals surface area contributed by atoms with E-state index in [0.29, 0.717) is 6.07 Å². The van der Waals surface area contributed by atoms with Gasteiger partial charge in [0.25, 0.3) is 0 Å². The van der Waals surface area contributed by atoms with Crippen molar-refractivity contribution in [3.8, 4) is 0 Å². The minimum atomic E-state index is -4.01. The van der Waals surface area contributed by atoms with Crippen LogP contribution in [0, 0.1) is 18.6 Å². The molecule has 1 aromatic rings. The highest BCUT2D eigenvalue weighted by atomic mass is 32.2. The summed E-state index contributed by atoms with van der Waals surface area (Å²) in [5.74, 6) is -1.84. The number of piperazine rings is 1. The van der Waals surface area contributed by atoms with E-state index >= 15 is 0 Å². The van der Waals surface area contributed by atoms with Gasteiger partial charge in [-0.15, -0.1) is 0 Å². The molecule has 1 saturated heterocycles. The fraction of sp³-hybridized carbons (Fsp3) is 0.571. The van der Waals surface area contributed by atoms with Crippen LogP contribution in [0.25, 0.3) is 0 Å². The second-order valence-electron chi connectivity index (χ2n) is 5.78. The van der Waals surface area contributed by atoms with Crippen LogP contribution < -0.4 is 4.72 Å². The molecule has 0 aromatic heterocycles. The minimum Gasteiger partial charge on any atom is -0.303 e. The Kier molecular flexibility index (Phi) is 5.16. The molecule has 5 nitrogen and oxygen atoms in total. The highest BCUT2D eigenvalue weighted by Gasteiger charge is 2.26. The lowest BCUT2D eigenvalue weighted by Gasteiger charge is -2.37. The summed E-state index contributed by atoms with van der Waals surface area (Å²) in [6.07, 6.45) is 0. The number of likely N-dealkylation sites (N-methyl/N-ethyl adjacent to an activating group) is 2. The summed E-state index contributed by atoms with van der Waals surface area (Å²) < 4.78 is 53.9. The van der Waals surface area contributed by atoms with E-state index in [4.69, 9.17) is 0 Å². The third-order valence-electron chi connectivity index (χ3n) is 3.99. The zero-order valence-electron chi connectivity index (χ0n) is 12.9. The smallest absolute Gasteiger partial charge is 0.243 e. The number of nitrogens with one attached hydrogen (secondary N) is 1. The largest absolute Gasteiger partial charge is 0.303 e. The maximum Gasteiger partial charge on any atom is 0.243 e. The van der Waals surface area contributed by atoms with Crippen molar-refractivity contribution in [2.75, 3.05) is 40.3 Å². The van der Waals surface area contributed by atoms with Crippen LogP contribution in [0.15, 0.2) is 17.0 Å². The van der Waals surface area contributed by atoms with Gasteiger partial charge in [0.05, 0.1) is 0 Å². The Hall–Kier alpha value is -1.09. The van der Waals surface area contributed by atoms with Crippen LogP contribution in [-0.4, -0.2) is 64.5 Å². The predicted molar refractivity (Wildman–Crippen MR) is 80.2 cm³/mol. The van der Waals surface area contributed by atoms with E-state index in [1.807, 2.05) is 14.1 Å². The number of hydrogen-bond acceptors (Lipinski definition) is 4. The first-order valence-electron chi connectivity index (χ1n) is 7.05. The standard InChI is InChI=1S/C14H21F2N3O2S/c1-10-6-14(13(16)7-12(10)15)22(20,21)17-8-11-9-18(2)4-5-19(11)3/h6-7,11,17H,4-5,8-9H2,1-3H3. The van der Waals surface area contributed by atoms with Crippen molar-refractivity contribution in [3.63, 3.8) is 0 Å². The number of sulfonamides is 1. The van der Waals surface area contributed by atoms with E-state index in [1.54, 1.807) is 0 Å². The topological polar surface area (TPSA) is 52.7 Å². The molecule has 22 heavy (non-hydrogen) atoms. The van der Waals surface area contributed by atoms with E-state index in [2.05, 4.69) is 14.5 Å². The van der Waals surface area contributed by atoms with Gasteiger partial charge in [-0.25, -0.2) is 21.9 Å². The first-order chi connectivity index (χ1) is 10.2. The Bertz CT molecular complexity index is 652. The molecule has 124 valence electrons. The van der Waals surface area contributed by atoms with Gasteiger partial charge >= 0.3 is 0 Å². The van der Waals surface area contributed by atoms with Crippen molar-refractivity contribution in [3.05, 3.63) is 29.3 Å². The number of rotatable bonds is 4. The molecule has 1 atom stereocenters. The first kappa shape index (κ1) is 17.3. The monoisotopic (exact) mass is 333 g/mol. The second kappa shape index (κ2) is 6.57. The minimum absolute atomic E-state index is 0.0122. The van der Waals surface area contributed by atoms with Crippen LogP contribution in [-0.2, 0) is 10.0 Å². The maximum atomic E-state index is 13.8. The molecule has 2 rings (SSSR count). The molecule has 0 aliphatic carbocycles. The van der Waals surface area contributed by atoms with Crippen molar-refractivity contribution in [1.29, 1.82) is 0 Å². The molecule has 1 N–H and O–H groups in total. The van der Waals surface area contributed by atoms with E-state index in [9.17, 15) is 17.2 Å². The van der Waals surface area contributed by atoms with Gasteiger partial charge in [-0.05, 0) is 32.6 Å². The van der Waals surface area contributed by atoms with Gasteiger partial charge in [-0.2, -0.15) is 0 Å². The summed E-state index contributed by atoms with van der Waals surface area (Å²) in [5.41, 5.74) is 0.0938. The highest BCUT2D eigenvalue weighted by Crippen LogP contribution is 2.19. The molecule has 1 heterocycles. The SMILES string of the molecule is Cc1cc(S(=O)(=O)NCC2CN(C)CCN2C)c(F)cc1F. The average molecular weight is 333 g/mol. The van der Waals surface area contributed by atoms with Crippen LogP contribution in [0.3, 0.4) is 0 Å². The van der Waals surface area contributed by atoms with Crippen molar-refractivity contribution in [1.82, 2.24) is 14.5 Å². The highest BCUT2D eigenvalue weighted by molar-refractivity contribution is 7.89. The van der Waals surface area contributed by atoms with Crippen molar-refractivity contribution in [2.45, 2.75) is 17.9 Å². The Morgan fingerprint density at radius 2 is 1.91 bits per heavy atom. The molecule has 0 bridgehead atoms. The van der Waals surface area contributed by atoms with E-state index < -0.39 is 26.6 Å². The number of halogens is 2. The molecule has 1 unspecified atom stereocenters. The van der Waals surface area contributed by atoms with E-state index in [1.165, 1.54) is 6.92 Å². The third kappa shape index (κ3) is 3.81. The van der Waals surface area contributed by atoms with Crippen LogP contribution in [0.2, 0.25) is 0 Å². The molecule has 0 amide bonds. The zero-order chi connectivity index (χ0) is 16.5. The van der Waals surface area contributed by atoms with Gasteiger partial charge in [-0.3, -0.25) is 4.90 Å². The Morgan fingerprint density at radius 3 is 2.59 bits per heavy atom. The fourth-order valence-corrected chi connectivity index (χ4v) is 3.66. The summed E-state index contributed by atoms with van der Waals surface area (Å²) in [6, 6.07) is 1.63. The van der Waals surface area contributed by atoms with Crippen molar-refractivity contribution >= 4 is 10.0 Å². The molecule has 1 fully saturated rings. The van der Waals surface area contributed by atoms with Crippen molar-refractivity contribution in [2.24, 2.45) is 0 Å². The van der Waals surface area contributed by atoms with Gasteiger partial charge in [0.15, 0.2) is 0 Å². The second-order valence-corrected chi connectivity index (χ2v) is 7.52. The number of benzene rings is 1. The third-order valence-corrected chi connectivity index (χ3v) is 5.43. The lowest BCUT2D eigenvalue weighted by Crippen LogP contribution is -2.54. The summed E-state index contributed by atoms with van der Waals surface area (Å²) >= 11 is 0. The molecule has 0 radical (unpaired) electrons. The number of hydrogen-bond donors (Lipinski definition) is 1. The summed E-state index contributed by atoms with van der Waals surface area (Å²) in [7, 11) is -0.112. The van der Waals surface area contributed by atoms with Gasteiger partial charge in [0, 0.05) is 38.3 Å². The maximum absolute atomic E-state index is 13.8. The van der Waals surface area contributed by atoms with E-state index in [-0.39, 0.29) is 18.2 Å². The van der Waals surface area contributed by atoms with Gasteiger partial charge in [0.2, 0.25) is 10.0 Å². The normalized spacial score (nSPS) is 21.2. The van der Waals surface area contributed by atoms with Crippen LogP contribution in [0.1, 0.15) is 5.56 Å². The summed E-state index contributed by atoms with van der Waals surface area (Å²) in [6.45, 7) is 4.07. The van der Waals surface area contributed by atoms with Crippen molar-refractivity contribution < 1.29 is 17.2 Å². The molecule has 1 aromatic carbocycles. The van der Waals surface area contributed by atoms with Gasteiger partial charge in [0.1, 0.15) is 16.5 Å². The predicted octanol–water partition coefficient (Wildman–Crippen LogP) is 0.797. The summed E-state index contributed by atoms with van der Waals surface area (Å²) in [4.78, 5) is 3.66. The lowest BCUT2D eigenvalue weighted by molar-refractivity contribution is 0.117. The van der Waals surface area contributed by atoms with Crippen LogP contribution >= 0.6 is 0 Å². The molecule has 0 spiro atoms. The molecule has 8 heteroatoms. The molecule has 1 aliphatic rings.